The monoisotopic (exact) mass is 291 g/mol. The summed E-state index contributed by atoms with van der Waals surface area (Å²) in [4.78, 5) is 0. The average Bonchev–Trinajstić information content (AvgIpc) is 3.16. The van der Waals surface area contributed by atoms with Gasteiger partial charge in [-0.1, -0.05) is 18.2 Å². The van der Waals surface area contributed by atoms with Crippen molar-refractivity contribution >= 4 is 5.65 Å². The lowest BCUT2D eigenvalue weighted by Crippen LogP contribution is -2.02. The van der Waals surface area contributed by atoms with Crippen LogP contribution in [0.25, 0.3) is 16.8 Å². The van der Waals surface area contributed by atoms with E-state index in [1.54, 1.807) is 0 Å². The Labute approximate surface area is 128 Å². The van der Waals surface area contributed by atoms with Crippen molar-refractivity contribution < 1.29 is 0 Å². The summed E-state index contributed by atoms with van der Waals surface area (Å²) in [5.41, 5.74) is 4.52. The van der Waals surface area contributed by atoms with Crippen LogP contribution in [0.1, 0.15) is 18.7 Å². The average molecular weight is 291 g/mol. The first kappa shape index (κ1) is 13.0. The van der Waals surface area contributed by atoms with E-state index in [1.165, 1.54) is 5.57 Å². The Kier molecular flexibility index (Phi) is 3.11. The summed E-state index contributed by atoms with van der Waals surface area (Å²) in [6.45, 7) is 2.81. The molecule has 0 spiro atoms. The molecule has 0 N–H and O–H groups in total. The van der Waals surface area contributed by atoms with Crippen molar-refractivity contribution in [1.82, 2.24) is 24.4 Å². The summed E-state index contributed by atoms with van der Waals surface area (Å²) in [6, 6.07) is 4.05. The third-order valence-electron chi connectivity index (χ3n) is 4.00. The van der Waals surface area contributed by atoms with Gasteiger partial charge in [0.2, 0.25) is 0 Å². The molecule has 0 fully saturated rings. The second kappa shape index (κ2) is 5.26. The van der Waals surface area contributed by atoms with Gasteiger partial charge in [-0.25, -0.2) is 0 Å². The van der Waals surface area contributed by atoms with Gasteiger partial charge in [0, 0.05) is 23.5 Å². The molecule has 0 saturated heterocycles. The number of hydrogen-bond donors (Lipinski definition) is 0. The van der Waals surface area contributed by atoms with Gasteiger partial charge in [-0.15, -0.1) is 10.2 Å². The molecule has 3 heterocycles. The molecule has 3 aromatic rings. The van der Waals surface area contributed by atoms with E-state index in [-0.39, 0.29) is 0 Å². The van der Waals surface area contributed by atoms with Gasteiger partial charge in [-0.3, -0.25) is 9.08 Å². The van der Waals surface area contributed by atoms with Crippen LogP contribution in [0.4, 0.5) is 0 Å². The van der Waals surface area contributed by atoms with Crippen molar-refractivity contribution in [1.29, 1.82) is 0 Å². The molecule has 22 heavy (non-hydrogen) atoms. The Bertz CT molecular complexity index is 881. The molecule has 0 radical (unpaired) electrons. The lowest BCUT2D eigenvalue weighted by molar-refractivity contribution is 0.654. The van der Waals surface area contributed by atoms with Gasteiger partial charge in [-0.05, 0) is 37.5 Å². The smallest absolute Gasteiger partial charge is 0.160 e. The quantitative estimate of drug-likeness (QED) is 0.744. The number of fused-ring (bicyclic) bond motifs is 1. The van der Waals surface area contributed by atoms with E-state index in [0.717, 1.165) is 42.0 Å². The lowest BCUT2D eigenvalue weighted by atomic mass is 10.1. The summed E-state index contributed by atoms with van der Waals surface area (Å²) >= 11 is 0. The van der Waals surface area contributed by atoms with Crippen molar-refractivity contribution in [2.45, 2.75) is 26.3 Å². The van der Waals surface area contributed by atoms with E-state index in [0.29, 0.717) is 0 Å². The van der Waals surface area contributed by atoms with Gasteiger partial charge in [0.25, 0.3) is 0 Å². The molecule has 3 aromatic heterocycles. The molecule has 0 bridgehead atoms. The fraction of sp³-hybridized carbons (Fsp3) is 0.235. The van der Waals surface area contributed by atoms with Crippen molar-refractivity contribution in [3.05, 3.63) is 60.3 Å². The minimum absolute atomic E-state index is 0.859. The molecule has 5 nitrogen and oxygen atoms in total. The molecule has 110 valence electrons. The minimum Gasteiger partial charge on any atom is -0.286 e. The molecule has 0 saturated carbocycles. The predicted molar refractivity (Wildman–Crippen MR) is 85.4 cm³/mol. The van der Waals surface area contributed by atoms with Crippen LogP contribution in [-0.2, 0) is 6.54 Å². The summed E-state index contributed by atoms with van der Waals surface area (Å²) in [5.74, 6) is 0.892. The maximum absolute atomic E-state index is 4.49. The number of allylic oxidation sites excluding steroid dienone is 4. The summed E-state index contributed by atoms with van der Waals surface area (Å²) in [5, 5.41) is 12.7. The predicted octanol–water partition coefficient (Wildman–Crippen LogP) is 3.18. The van der Waals surface area contributed by atoms with E-state index in [4.69, 9.17) is 0 Å². The molecule has 0 amide bonds. The Balaban J connectivity index is 1.63. The van der Waals surface area contributed by atoms with Gasteiger partial charge in [0.05, 0.1) is 12.7 Å². The number of nitrogens with zero attached hydrogens (tertiary/aromatic N) is 5. The second-order valence-electron chi connectivity index (χ2n) is 5.61. The number of hydrogen-bond acceptors (Lipinski definition) is 3. The molecule has 0 unspecified atom stereocenters. The first-order valence-corrected chi connectivity index (χ1v) is 7.48. The fourth-order valence-electron chi connectivity index (χ4n) is 2.77. The molecule has 1 aliphatic carbocycles. The molecule has 0 atom stereocenters. The van der Waals surface area contributed by atoms with Gasteiger partial charge in [0.1, 0.15) is 5.82 Å². The van der Waals surface area contributed by atoms with E-state index >= 15 is 0 Å². The van der Waals surface area contributed by atoms with Crippen LogP contribution in [0.2, 0.25) is 0 Å². The third kappa shape index (κ3) is 2.35. The number of rotatable bonds is 3. The van der Waals surface area contributed by atoms with E-state index < -0.39 is 0 Å². The van der Waals surface area contributed by atoms with Gasteiger partial charge < -0.3 is 0 Å². The normalized spacial score (nSPS) is 14.5. The zero-order valence-electron chi connectivity index (χ0n) is 12.5. The Morgan fingerprint density at radius 1 is 1.14 bits per heavy atom. The van der Waals surface area contributed by atoms with E-state index in [1.807, 2.05) is 28.3 Å². The number of aromatic nitrogens is 5. The lowest BCUT2D eigenvalue weighted by Gasteiger charge is -2.08. The highest BCUT2D eigenvalue weighted by Crippen LogP contribution is 2.21. The fourth-order valence-corrected chi connectivity index (χ4v) is 2.77. The molecule has 5 heteroatoms. The maximum Gasteiger partial charge on any atom is 0.160 e. The van der Waals surface area contributed by atoms with Crippen molar-refractivity contribution in [3.8, 4) is 11.1 Å². The molecular weight excluding hydrogens is 274 g/mol. The number of aryl methyl sites for hydroxylation is 1. The van der Waals surface area contributed by atoms with Gasteiger partial charge >= 0.3 is 0 Å². The van der Waals surface area contributed by atoms with Crippen molar-refractivity contribution in [2.24, 2.45) is 0 Å². The van der Waals surface area contributed by atoms with E-state index in [2.05, 4.69) is 52.0 Å². The Morgan fingerprint density at radius 3 is 2.95 bits per heavy atom. The molecule has 4 rings (SSSR count). The largest absolute Gasteiger partial charge is 0.286 e. The van der Waals surface area contributed by atoms with Crippen molar-refractivity contribution in [3.63, 3.8) is 0 Å². The standard InChI is InChI=1S/C17H17N5/c1-13-19-20-17-8-7-15(12-22(13)17)16-9-18-21(11-16)10-14-5-3-2-4-6-14/h2-3,5,7-9,11-12H,4,6,10H2,1H3. The number of pyridine rings is 1. The highest BCUT2D eigenvalue weighted by atomic mass is 15.3. The van der Waals surface area contributed by atoms with Crippen LogP contribution in [0.3, 0.4) is 0 Å². The van der Waals surface area contributed by atoms with Crippen molar-refractivity contribution in [2.75, 3.05) is 0 Å². The first-order valence-electron chi connectivity index (χ1n) is 7.48. The zero-order chi connectivity index (χ0) is 14.9. The van der Waals surface area contributed by atoms with Gasteiger partial charge in [-0.2, -0.15) is 5.10 Å². The van der Waals surface area contributed by atoms with Crippen LogP contribution in [0.5, 0.6) is 0 Å². The zero-order valence-corrected chi connectivity index (χ0v) is 12.5. The summed E-state index contributed by atoms with van der Waals surface area (Å²) in [7, 11) is 0. The van der Waals surface area contributed by atoms with Gasteiger partial charge in [0.15, 0.2) is 5.65 Å². The van der Waals surface area contributed by atoms with Crippen LogP contribution in [-0.4, -0.2) is 24.4 Å². The molecular formula is C17H17N5. The van der Waals surface area contributed by atoms with E-state index in [9.17, 15) is 0 Å². The molecule has 0 aromatic carbocycles. The Morgan fingerprint density at radius 2 is 2.09 bits per heavy atom. The first-order chi connectivity index (χ1) is 10.8. The molecule has 0 aliphatic heterocycles. The van der Waals surface area contributed by atoms with Crippen LogP contribution >= 0.6 is 0 Å². The molecule has 1 aliphatic rings. The minimum atomic E-state index is 0.859. The highest BCUT2D eigenvalue weighted by molar-refractivity contribution is 5.63. The SMILES string of the molecule is Cc1nnc2ccc(-c3cnn(CC4=CC=CCC4)c3)cn12. The summed E-state index contributed by atoms with van der Waals surface area (Å²) < 4.78 is 4.00. The third-order valence-corrected chi connectivity index (χ3v) is 4.00. The Hall–Kier alpha value is -2.69. The van der Waals surface area contributed by atoms with Crippen LogP contribution < -0.4 is 0 Å². The van der Waals surface area contributed by atoms with Crippen LogP contribution in [0.15, 0.2) is 54.5 Å². The second-order valence-corrected chi connectivity index (χ2v) is 5.61. The highest BCUT2D eigenvalue weighted by Gasteiger charge is 2.07. The van der Waals surface area contributed by atoms with Crippen LogP contribution in [0, 0.1) is 6.92 Å². The topological polar surface area (TPSA) is 48.0 Å². The maximum atomic E-state index is 4.49. The summed E-state index contributed by atoms with van der Waals surface area (Å²) in [6.07, 6.45) is 14.9.